The van der Waals surface area contributed by atoms with Crippen LogP contribution in [-0.2, 0) is 4.74 Å². The zero-order valence-electron chi connectivity index (χ0n) is 9.38. The Morgan fingerprint density at radius 3 is 2.69 bits per heavy atom. The van der Waals surface area contributed by atoms with E-state index in [1.54, 1.807) is 7.11 Å². The number of methoxy groups -OCH3 is 1. The zero-order valence-corrected chi connectivity index (χ0v) is 9.38. The van der Waals surface area contributed by atoms with Gasteiger partial charge in [-0.3, -0.25) is 0 Å². The van der Waals surface area contributed by atoms with Crippen molar-refractivity contribution in [3.63, 3.8) is 0 Å². The van der Waals surface area contributed by atoms with Crippen LogP contribution in [0.15, 0.2) is 12.2 Å². The van der Waals surface area contributed by atoms with Crippen molar-refractivity contribution in [2.45, 2.75) is 46.0 Å². The van der Waals surface area contributed by atoms with Crippen molar-refractivity contribution < 1.29 is 4.74 Å². The summed E-state index contributed by atoms with van der Waals surface area (Å²) in [6.07, 6.45) is 10.9. The lowest BCUT2D eigenvalue weighted by Gasteiger charge is -2.04. The molecule has 78 valence electrons. The molecule has 0 spiro atoms. The number of hydrogen-bond donors (Lipinski definition) is 0. The fourth-order valence-corrected chi connectivity index (χ4v) is 1.30. The van der Waals surface area contributed by atoms with Gasteiger partial charge in [-0.25, -0.2) is 0 Å². The maximum absolute atomic E-state index is 5.01. The van der Waals surface area contributed by atoms with Crippen molar-refractivity contribution in [3.8, 4) is 0 Å². The van der Waals surface area contributed by atoms with Crippen molar-refractivity contribution in [1.29, 1.82) is 0 Å². The summed E-state index contributed by atoms with van der Waals surface area (Å²) in [4.78, 5) is 0. The van der Waals surface area contributed by atoms with Gasteiger partial charge in [0.05, 0.1) is 0 Å². The highest BCUT2D eigenvalue weighted by molar-refractivity contribution is 4.85. The maximum atomic E-state index is 5.01. The minimum absolute atomic E-state index is 0.715. The van der Waals surface area contributed by atoms with Crippen LogP contribution in [0.3, 0.4) is 0 Å². The Bertz CT molecular complexity index is 118. The molecule has 0 aromatic carbocycles. The molecule has 0 fully saturated rings. The molecule has 0 aromatic rings. The lowest BCUT2D eigenvalue weighted by molar-refractivity contribution is 0.190. The fourth-order valence-electron chi connectivity index (χ4n) is 1.30. The predicted molar refractivity (Wildman–Crippen MR) is 58.9 cm³/mol. The molecule has 0 aliphatic heterocycles. The Morgan fingerprint density at radius 2 is 2.08 bits per heavy atom. The second-order valence-electron chi connectivity index (χ2n) is 3.68. The Balaban J connectivity index is 3.27. The van der Waals surface area contributed by atoms with Gasteiger partial charge in [-0.15, -0.1) is 0 Å². The van der Waals surface area contributed by atoms with Crippen LogP contribution in [0, 0.1) is 5.92 Å². The van der Waals surface area contributed by atoms with Gasteiger partial charge in [-0.2, -0.15) is 0 Å². The van der Waals surface area contributed by atoms with Gasteiger partial charge < -0.3 is 4.74 Å². The molecular weight excluding hydrogens is 160 g/mol. The quantitative estimate of drug-likeness (QED) is 0.412. The second-order valence-corrected chi connectivity index (χ2v) is 3.68. The van der Waals surface area contributed by atoms with Crippen LogP contribution in [0.25, 0.3) is 0 Å². The summed E-state index contributed by atoms with van der Waals surface area (Å²) >= 11 is 0. The molecule has 0 rings (SSSR count). The van der Waals surface area contributed by atoms with E-state index in [0.29, 0.717) is 5.92 Å². The first-order chi connectivity index (χ1) is 6.31. The monoisotopic (exact) mass is 184 g/mol. The van der Waals surface area contributed by atoms with Gasteiger partial charge in [0.2, 0.25) is 0 Å². The first-order valence-electron chi connectivity index (χ1n) is 5.46. The lowest BCUT2D eigenvalue weighted by atomic mass is 10.0. The molecule has 0 N–H and O–H groups in total. The Hall–Kier alpha value is -0.300. The van der Waals surface area contributed by atoms with E-state index in [4.69, 9.17) is 4.74 Å². The summed E-state index contributed by atoms with van der Waals surface area (Å²) in [5, 5.41) is 0. The Labute approximate surface area is 83.2 Å². The highest BCUT2D eigenvalue weighted by Crippen LogP contribution is 2.08. The van der Waals surface area contributed by atoms with E-state index in [-0.39, 0.29) is 0 Å². The zero-order chi connectivity index (χ0) is 9.94. The molecule has 0 saturated heterocycles. The summed E-state index contributed by atoms with van der Waals surface area (Å²) in [6, 6.07) is 0. The van der Waals surface area contributed by atoms with Gasteiger partial charge >= 0.3 is 0 Å². The van der Waals surface area contributed by atoms with Crippen molar-refractivity contribution in [3.05, 3.63) is 12.2 Å². The largest absolute Gasteiger partial charge is 0.385 e. The van der Waals surface area contributed by atoms with Crippen molar-refractivity contribution in [2.75, 3.05) is 13.7 Å². The van der Waals surface area contributed by atoms with E-state index < -0.39 is 0 Å². The highest BCUT2D eigenvalue weighted by atomic mass is 16.5. The topological polar surface area (TPSA) is 9.23 Å². The molecule has 1 heteroatoms. The molecular formula is C12H24O. The Morgan fingerprint density at radius 1 is 1.31 bits per heavy atom. The third kappa shape index (κ3) is 9.62. The van der Waals surface area contributed by atoms with E-state index in [1.165, 1.54) is 32.1 Å². The molecule has 0 aromatic heterocycles. The van der Waals surface area contributed by atoms with E-state index in [1.807, 2.05) is 0 Å². The number of ether oxygens (including phenoxy) is 1. The molecule has 0 bridgehead atoms. The van der Waals surface area contributed by atoms with E-state index in [0.717, 1.165) is 6.61 Å². The first-order valence-corrected chi connectivity index (χ1v) is 5.46. The van der Waals surface area contributed by atoms with E-state index >= 15 is 0 Å². The van der Waals surface area contributed by atoms with Gasteiger partial charge in [0.1, 0.15) is 0 Å². The number of hydrogen-bond acceptors (Lipinski definition) is 1. The van der Waals surface area contributed by atoms with Crippen LogP contribution in [0.4, 0.5) is 0 Å². The van der Waals surface area contributed by atoms with Crippen LogP contribution >= 0.6 is 0 Å². The van der Waals surface area contributed by atoms with Crippen LogP contribution in [0.1, 0.15) is 46.0 Å². The molecule has 13 heavy (non-hydrogen) atoms. The standard InChI is InChI=1S/C12H24O/c1-4-5-6-7-9-12(2)10-8-11-13-3/h7,9,12H,4-6,8,10-11H2,1-3H3. The first kappa shape index (κ1) is 12.7. The van der Waals surface area contributed by atoms with Crippen molar-refractivity contribution >= 4 is 0 Å². The van der Waals surface area contributed by atoms with E-state index in [9.17, 15) is 0 Å². The van der Waals surface area contributed by atoms with Crippen molar-refractivity contribution in [2.24, 2.45) is 5.92 Å². The summed E-state index contributed by atoms with van der Waals surface area (Å²) in [5.74, 6) is 0.715. The van der Waals surface area contributed by atoms with Crippen LogP contribution in [-0.4, -0.2) is 13.7 Å². The molecule has 1 unspecified atom stereocenters. The smallest absolute Gasteiger partial charge is 0.0462 e. The molecule has 0 saturated carbocycles. The lowest BCUT2D eigenvalue weighted by Crippen LogP contribution is -1.94. The predicted octanol–water partition coefficient (Wildman–Crippen LogP) is 3.80. The third-order valence-corrected chi connectivity index (χ3v) is 2.20. The van der Waals surface area contributed by atoms with Gasteiger partial charge in [-0.05, 0) is 25.2 Å². The third-order valence-electron chi connectivity index (χ3n) is 2.20. The summed E-state index contributed by atoms with van der Waals surface area (Å²) in [7, 11) is 1.77. The molecule has 0 aliphatic carbocycles. The van der Waals surface area contributed by atoms with Crippen LogP contribution in [0.2, 0.25) is 0 Å². The minimum Gasteiger partial charge on any atom is -0.385 e. The molecule has 1 nitrogen and oxygen atoms in total. The molecule has 0 aliphatic rings. The Kier molecular flexibility index (Phi) is 9.56. The van der Waals surface area contributed by atoms with Gasteiger partial charge in [-0.1, -0.05) is 38.8 Å². The fraction of sp³-hybridized carbons (Fsp3) is 0.833. The van der Waals surface area contributed by atoms with Crippen LogP contribution < -0.4 is 0 Å². The number of unbranched alkanes of at least 4 members (excludes halogenated alkanes) is 2. The molecule has 1 atom stereocenters. The van der Waals surface area contributed by atoms with Crippen LogP contribution in [0.5, 0.6) is 0 Å². The second kappa shape index (κ2) is 9.79. The SMILES string of the molecule is CCCCC=CC(C)CCCOC. The summed E-state index contributed by atoms with van der Waals surface area (Å²) in [6.45, 7) is 5.40. The van der Waals surface area contributed by atoms with Gasteiger partial charge in [0, 0.05) is 13.7 Å². The minimum atomic E-state index is 0.715. The molecule has 0 heterocycles. The molecule has 0 amide bonds. The van der Waals surface area contributed by atoms with E-state index in [2.05, 4.69) is 26.0 Å². The maximum Gasteiger partial charge on any atom is 0.0462 e. The normalized spacial score (nSPS) is 13.8. The summed E-state index contributed by atoms with van der Waals surface area (Å²) < 4.78 is 5.01. The average molecular weight is 184 g/mol. The summed E-state index contributed by atoms with van der Waals surface area (Å²) in [5.41, 5.74) is 0. The average Bonchev–Trinajstić information content (AvgIpc) is 2.13. The van der Waals surface area contributed by atoms with Crippen molar-refractivity contribution in [1.82, 2.24) is 0 Å². The number of rotatable bonds is 8. The molecule has 0 radical (unpaired) electrons. The highest BCUT2D eigenvalue weighted by Gasteiger charge is 1.95. The number of allylic oxidation sites excluding steroid dienone is 2. The van der Waals surface area contributed by atoms with Gasteiger partial charge in [0.15, 0.2) is 0 Å². The van der Waals surface area contributed by atoms with Gasteiger partial charge in [0.25, 0.3) is 0 Å².